The third kappa shape index (κ3) is 6.37. The van der Waals surface area contributed by atoms with E-state index in [0.29, 0.717) is 42.2 Å². The van der Waals surface area contributed by atoms with Gasteiger partial charge in [0.25, 0.3) is 0 Å². The topological polar surface area (TPSA) is 113 Å². The van der Waals surface area contributed by atoms with Crippen molar-refractivity contribution in [1.29, 1.82) is 0 Å². The van der Waals surface area contributed by atoms with Gasteiger partial charge < -0.3 is 24.3 Å². The lowest BCUT2D eigenvalue weighted by molar-refractivity contribution is -0.152. The van der Waals surface area contributed by atoms with Crippen molar-refractivity contribution in [1.82, 2.24) is 24.9 Å². The van der Waals surface area contributed by atoms with Gasteiger partial charge >= 0.3 is 0 Å². The van der Waals surface area contributed by atoms with Gasteiger partial charge in [-0.2, -0.15) is 0 Å². The number of nitrogens with zero attached hydrogens (tertiary/aromatic N) is 5. The number of pyridine rings is 1. The maximum atomic E-state index is 6.07. The highest BCUT2D eigenvalue weighted by Crippen LogP contribution is 2.30. The van der Waals surface area contributed by atoms with Crippen LogP contribution in [0.3, 0.4) is 0 Å². The summed E-state index contributed by atoms with van der Waals surface area (Å²) in [5, 5.41) is 3.97. The fraction of sp³-hybridized carbons (Fsp3) is 0.320. The number of aromatic nitrogens is 5. The molecule has 0 aliphatic rings. The van der Waals surface area contributed by atoms with Crippen LogP contribution in [0.25, 0.3) is 10.9 Å². The summed E-state index contributed by atoms with van der Waals surface area (Å²) in [4.78, 5) is 21.7. The molecular formula is C25H28N6O4. The van der Waals surface area contributed by atoms with Crippen molar-refractivity contribution in [2.24, 2.45) is 0 Å². The average molecular weight is 477 g/mol. The summed E-state index contributed by atoms with van der Waals surface area (Å²) in [7, 11) is 0. The van der Waals surface area contributed by atoms with E-state index in [1.165, 1.54) is 6.33 Å². The third-order valence-corrected chi connectivity index (χ3v) is 4.95. The van der Waals surface area contributed by atoms with Gasteiger partial charge in [0.1, 0.15) is 36.1 Å². The molecule has 0 amide bonds. The first-order valence-electron chi connectivity index (χ1n) is 11.4. The van der Waals surface area contributed by atoms with Crippen LogP contribution in [-0.4, -0.2) is 51.0 Å². The van der Waals surface area contributed by atoms with Gasteiger partial charge in [0.15, 0.2) is 6.29 Å². The molecule has 0 radical (unpaired) electrons. The van der Waals surface area contributed by atoms with E-state index < -0.39 is 6.29 Å². The number of benzene rings is 1. The van der Waals surface area contributed by atoms with Crippen LogP contribution >= 0.6 is 0 Å². The number of anilines is 2. The van der Waals surface area contributed by atoms with Gasteiger partial charge in [0.2, 0.25) is 5.88 Å². The summed E-state index contributed by atoms with van der Waals surface area (Å²) in [6.07, 6.45) is 6.04. The molecule has 3 aromatic heterocycles. The molecule has 4 aromatic rings. The molecule has 0 aliphatic heterocycles. The fourth-order valence-corrected chi connectivity index (χ4v) is 3.29. The number of aryl methyl sites for hydroxylation is 2. The molecule has 0 bridgehead atoms. The van der Waals surface area contributed by atoms with Gasteiger partial charge in [-0.15, -0.1) is 0 Å². The Morgan fingerprint density at radius 2 is 1.69 bits per heavy atom. The molecule has 0 aliphatic carbocycles. The second-order valence-electron chi connectivity index (χ2n) is 7.62. The normalized spacial score (nSPS) is 11.1. The number of nitrogens with one attached hydrogen (secondary N) is 1. The molecule has 1 N–H and O–H groups in total. The summed E-state index contributed by atoms with van der Waals surface area (Å²) in [5.74, 6) is 2.87. The van der Waals surface area contributed by atoms with Crippen LogP contribution in [0.15, 0.2) is 49.2 Å². The lowest BCUT2D eigenvalue weighted by Crippen LogP contribution is -2.25. The van der Waals surface area contributed by atoms with E-state index in [-0.39, 0.29) is 6.61 Å². The lowest BCUT2D eigenvalue weighted by atomic mass is 10.2. The number of hydrogen-bond acceptors (Lipinski definition) is 10. The highest BCUT2D eigenvalue weighted by atomic mass is 16.7. The Bertz CT molecular complexity index is 1260. The molecule has 0 atom stereocenters. The van der Waals surface area contributed by atoms with Crippen molar-refractivity contribution < 1.29 is 18.9 Å². The fourth-order valence-electron chi connectivity index (χ4n) is 3.29. The van der Waals surface area contributed by atoms with Gasteiger partial charge in [-0.05, 0) is 52.0 Å². The number of ether oxygens (including phenoxy) is 4. The molecule has 182 valence electrons. The molecule has 35 heavy (non-hydrogen) atoms. The lowest BCUT2D eigenvalue weighted by Gasteiger charge is -2.17. The maximum Gasteiger partial charge on any atom is 0.222 e. The molecular weight excluding hydrogens is 448 g/mol. The number of rotatable bonds is 11. The summed E-state index contributed by atoms with van der Waals surface area (Å²) < 4.78 is 22.9. The first kappa shape index (κ1) is 24.2. The monoisotopic (exact) mass is 476 g/mol. The summed E-state index contributed by atoms with van der Waals surface area (Å²) in [5.41, 5.74) is 2.42. The zero-order chi connectivity index (χ0) is 24.6. The van der Waals surface area contributed by atoms with E-state index in [9.17, 15) is 0 Å². The zero-order valence-corrected chi connectivity index (χ0v) is 20.2. The summed E-state index contributed by atoms with van der Waals surface area (Å²) in [6.45, 7) is 8.99. The van der Waals surface area contributed by atoms with E-state index in [0.717, 1.165) is 22.2 Å². The van der Waals surface area contributed by atoms with Crippen molar-refractivity contribution in [3.8, 4) is 17.4 Å². The Kier molecular flexibility index (Phi) is 7.96. The van der Waals surface area contributed by atoms with Gasteiger partial charge in [-0.3, -0.25) is 4.98 Å². The van der Waals surface area contributed by atoms with Gasteiger partial charge in [0, 0.05) is 24.2 Å². The predicted molar refractivity (Wildman–Crippen MR) is 131 cm³/mol. The molecule has 10 heteroatoms. The van der Waals surface area contributed by atoms with Crippen LogP contribution in [0.2, 0.25) is 0 Å². The minimum Gasteiger partial charge on any atom is -0.487 e. The smallest absolute Gasteiger partial charge is 0.222 e. The highest BCUT2D eigenvalue weighted by Gasteiger charge is 2.12. The largest absolute Gasteiger partial charge is 0.487 e. The van der Waals surface area contributed by atoms with Gasteiger partial charge in [-0.25, -0.2) is 19.9 Å². The Hall–Kier alpha value is -3.89. The Morgan fingerprint density at radius 3 is 2.40 bits per heavy atom. The van der Waals surface area contributed by atoms with Crippen LogP contribution in [0.5, 0.6) is 17.4 Å². The first-order chi connectivity index (χ1) is 17.1. The third-order valence-electron chi connectivity index (χ3n) is 4.95. The van der Waals surface area contributed by atoms with E-state index in [4.69, 9.17) is 18.9 Å². The Labute approximate surface area is 203 Å². The van der Waals surface area contributed by atoms with E-state index >= 15 is 0 Å². The highest BCUT2D eigenvalue weighted by molar-refractivity contribution is 5.91. The first-order valence-corrected chi connectivity index (χ1v) is 11.4. The standard InChI is InChI=1S/C25H28N6O4/c1-5-32-23(33-6-2)14-34-19-9-16(3)25(28-12-19)35-18-7-8-21-20(10-18)24(30-15-29-21)31-22-13-26-17(4)11-27-22/h7-13,15,23H,5-6,14H2,1-4H3,(H,27,29,30,31). The summed E-state index contributed by atoms with van der Waals surface area (Å²) in [6, 6.07) is 7.43. The molecule has 0 fully saturated rings. The van der Waals surface area contributed by atoms with Crippen LogP contribution in [-0.2, 0) is 9.47 Å². The SMILES string of the molecule is CCOC(COc1cnc(Oc2ccc3ncnc(Nc4cnc(C)cn4)c3c2)c(C)c1)OCC. The minimum atomic E-state index is -0.422. The van der Waals surface area contributed by atoms with Crippen molar-refractivity contribution in [3.05, 3.63) is 60.4 Å². The van der Waals surface area contributed by atoms with Gasteiger partial charge in [0.05, 0.1) is 29.8 Å². The average Bonchev–Trinajstić information content (AvgIpc) is 2.86. The van der Waals surface area contributed by atoms with Crippen molar-refractivity contribution >= 4 is 22.5 Å². The second kappa shape index (κ2) is 11.5. The second-order valence-corrected chi connectivity index (χ2v) is 7.62. The predicted octanol–water partition coefficient (Wildman–Crippen LogP) is 4.75. The van der Waals surface area contributed by atoms with Crippen molar-refractivity contribution in [3.63, 3.8) is 0 Å². The molecule has 3 heterocycles. The van der Waals surface area contributed by atoms with Crippen LogP contribution < -0.4 is 14.8 Å². The molecule has 0 spiro atoms. The van der Waals surface area contributed by atoms with Crippen molar-refractivity contribution in [2.75, 3.05) is 25.1 Å². The Balaban J connectivity index is 1.49. The van der Waals surface area contributed by atoms with Crippen LogP contribution in [0.1, 0.15) is 25.1 Å². The number of hydrogen-bond donors (Lipinski definition) is 1. The van der Waals surface area contributed by atoms with E-state index in [1.54, 1.807) is 18.6 Å². The number of fused-ring (bicyclic) bond motifs is 1. The molecule has 1 aromatic carbocycles. The van der Waals surface area contributed by atoms with E-state index in [2.05, 4.69) is 30.2 Å². The minimum absolute atomic E-state index is 0.273. The molecule has 0 saturated carbocycles. The van der Waals surface area contributed by atoms with E-state index in [1.807, 2.05) is 52.0 Å². The molecule has 0 unspecified atom stereocenters. The van der Waals surface area contributed by atoms with Crippen LogP contribution in [0, 0.1) is 13.8 Å². The Morgan fingerprint density at radius 1 is 0.857 bits per heavy atom. The molecule has 0 saturated heterocycles. The summed E-state index contributed by atoms with van der Waals surface area (Å²) >= 11 is 0. The van der Waals surface area contributed by atoms with Crippen molar-refractivity contribution in [2.45, 2.75) is 34.0 Å². The zero-order valence-electron chi connectivity index (χ0n) is 20.2. The molecule has 10 nitrogen and oxygen atoms in total. The maximum absolute atomic E-state index is 6.07. The van der Waals surface area contributed by atoms with Gasteiger partial charge in [-0.1, -0.05) is 0 Å². The molecule has 4 rings (SSSR count). The quantitative estimate of drug-likeness (QED) is 0.304. The van der Waals surface area contributed by atoms with Crippen LogP contribution in [0.4, 0.5) is 11.6 Å².